The van der Waals surface area contributed by atoms with Crippen LogP contribution in [0.3, 0.4) is 0 Å². The lowest BCUT2D eigenvalue weighted by Gasteiger charge is -2.35. The topological polar surface area (TPSA) is 122 Å². The Morgan fingerprint density at radius 3 is 2.52 bits per heavy atom. The van der Waals surface area contributed by atoms with Crippen LogP contribution in [0.2, 0.25) is 0 Å². The molecule has 2 aromatic carbocycles. The van der Waals surface area contributed by atoms with Crippen LogP contribution >= 0.6 is 0 Å². The van der Waals surface area contributed by atoms with Crippen LogP contribution in [0.4, 0.5) is 5.69 Å². The molecule has 31 heavy (non-hydrogen) atoms. The molecule has 0 spiro atoms. The summed E-state index contributed by atoms with van der Waals surface area (Å²) in [6.07, 6.45) is 0.650. The highest BCUT2D eigenvalue weighted by atomic mass is 16.6. The molecule has 8 heteroatoms. The van der Waals surface area contributed by atoms with Gasteiger partial charge in [-0.1, -0.05) is 42.5 Å². The Bertz CT molecular complexity index is 1140. The number of Topliss-reactive ketones (excluding diaryl/α,β-unsaturated/α-hetero) is 1. The predicted octanol–water partition coefficient (Wildman–Crippen LogP) is 3.45. The molecule has 158 valence electrons. The molecule has 1 heterocycles. The van der Waals surface area contributed by atoms with E-state index in [9.17, 15) is 19.7 Å². The van der Waals surface area contributed by atoms with Crippen molar-refractivity contribution in [2.24, 2.45) is 5.73 Å². The van der Waals surface area contributed by atoms with Crippen molar-refractivity contribution in [3.63, 3.8) is 0 Å². The summed E-state index contributed by atoms with van der Waals surface area (Å²) in [5.74, 6) is -1.72. The number of rotatable bonds is 4. The lowest BCUT2D eigenvalue weighted by atomic mass is 9.73. The van der Waals surface area contributed by atoms with E-state index in [0.29, 0.717) is 23.3 Å². The summed E-state index contributed by atoms with van der Waals surface area (Å²) >= 11 is 0. The number of esters is 1. The van der Waals surface area contributed by atoms with E-state index in [1.165, 1.54) is 25.3 Å². The number of ketones is 1. The molecule has 1 aliphatic carbocycles. The number of hydrogen-bond acceptors (Lipinski definition) is 7. The Kier molecular flexibility index (Phi) is 5.29. The molecule has 2 aliphatic rings. The zero-order chi connectivity index (χ0) is 22.1. The third-order valence-corrected chi connectivity index (χ3v) is 5.63. The number of ether oxygens (including phenoxy) is 2. The number of nitrogens with zero attached hydrogens (tertiary/aromatic N) is 1. The molecule has 0 amide bonds. The van der Waals surface area contributed by atoms with Crippen LogP contribution in [0.25, 0.3) is 0 Å². The average Bonchev–Trinajstić information content (AvgIpc) is 2.78. The Morgan fingerprint density at radius 1 is 1.13 bits per heavy atom. The molecule has 8 nitrogen and oxygen atoms in total. The number of non-ortho nitro benzene ring substituents is 1. The van der Waals surface area contributed by atoms with Crippen molar-refractivity contribution in [3.8, 4) is 0 Å². The molecule has 0 saturated heterocycles. The standard InChI is InChI=1S/C23H20N2O6/c1-30-23(27)21-19(14-8-5-9-16(10-14)25(28)29)20-17(26)11-15(12-18(20)31-22(21)24)13-6-3-2-4-7-13/h2-10,15,19H,11-12,24H2,1H3. The molecule has 2 aromatic rings. The number of carbonyl (C=O) groups is 2. The first-order valence-electron chi connectivity index (χ1n) is 9.72. The van der Waals surface area contributed by atoms with Gasteiger partial charge in [-0.25, -0.2) is 4.79 Å². The van der Waals surface area contributed by atoms with Crippen LogP contribution < -0.4 is 5.73 Å². The number of carbonyl (C=O) groups excluding carboxylic acids is 2. The van der Waals surface area contributed by atoms with Crippen LogP contribution in [0.15, 0.2) is 77.4 Å². The number of methoxy groups -OCH3 is 1. The first-order valence-corrected chi connectivity index (χ1v) is 9.72. The van der Waals surface area contributed by atoms with Crippen LogP contribution in [-0.2, 0) is 19.1 Å². The van der Waals surface area contributed by atoms with Gasteiger partial charge in [-0.15, -0.1) is 0 Å². The maximum atomic E-state index is 13.3. The van der Waals surface area contributed by atoms with Gasteiger partial charge in [0.25, 0.3) is 5.69 Å². The van der Waals surface area contributed by atoms with Gasteiger partial charge in [-0.3, -0.25) is 14.9 Å². The molecule has 1 aliphatic heterocycles. The fourth-order valence-electron chi connectivity index (χ4n) is 4.23. The molecule has 2 atom stereocenters. The van der Waals surface area contributed by atoms with E-state index in [1.54, 1.807) is 6.07 Å². The lowest BCUT2D eigenvalue weighted by Crippen LogP contribution is -2.32. The average molecular weight is 420 g/mol. The van der Waals surface area contributed by atoms with E-state index in [1.807, 2.05) is 30.3 Å². The van der Waals surface area contributed by atoms with Gasteiger partial charge in [0.1, 0.15) is 11.3 Å². The van der Waals surface area contributed by atoms with Crippen molar-refractivity contribution in [2.45, 2.75) is 24.7 Å². The van der Waals surface area contributed by atoms with E-state index in [-0.39, 0.29) is 35.3 Å². The zero-order valence-electron chi connectivity index (χ0n) is 16.7. The summed E-state index contributed by atoms with van der Waals surface area (Å²) in [5.41, 5.74) is 7.60. The van der Waals surface area contributed by atoms with Gasteiger partial charge >= 0.3 is 5.97 Å². The van der Waals surface area contributed by atoms with Gasteiger partial charge in [0.2, 0.25) is 5.88 Å². The van der Waals surface area contributed by atoms with Crippen molar-refractivity contribution >= 4 is 17.4 Å². The minimum absolute atomic E-state index is 0.0340. The third kappa shape index (κ3) is 3.68. The third-order valence-electron chi connectivity index (χ3n) is 5.63. The second-order valence-electron chi connectivity index (χ2n) is 7.43. The van der Waals surface area contributed by atoms with Gasteiger partial charge in [0.05, 0.1) is 18.0 Å². The highest BCUT2D eigenvalue weighted by Crippen LogP contribution is 2.47. The van der Waals surface area contributed by atoms with Crippen LogP contribution in [0.5, 0.6) is 0 Å². The summed E-state index contributed by atoms with van der Waals surface area (Å²) in [4.78, 5) is 36.6. The van der Waals surface area contributed by atoms with Crippen molar-refractivity contribution in [3.05, 3.63) is 98.6 Å². The molecule has 0 bridgehead atoms. The summed E-state index contributed by atoms with van der Waals surface area (Å²) in [6, 6.07) is 15.4. The van der Waals surface area contributed by atoms with E-state index < -0.39 is 16.8 Å². The minimum Gasteiger partial charge on any atom is -0.465 e. The smallest absolute Gasteiger partial charge is 0.340 e. The maximum Gasteiger partial charge on any atom is 0.340 e. The Balaban J connectivity index is 1.84. The molecular formula is C23H20N2O6. The quantitative estimate of drug-likeness (QED) is 0.457. The van der Waals surface area contributed by atoms with Gasteiger partial charge < -0.3 is 15.2 Å². The minimum atomic E-state index is -0.902. The van der Waals surface area contributed by atoms with Gasteiger partial charge in [0, 0.05) is 30.5 Å². The summed E-state index contributed by atoms with van der Waals surface area (Å²) < 4.78 is 10.6. The lowest BCUT2D eigenvalue weighted by molar-refractivity contribution is -0.384. The predicted molar refractivity (Wildman–Crippen MR) is 111 cm³/mol. The summed E-state index contributed by atoms with van der Waals surface area (Å²) in [5, 5.41) is 11.3. The fourth-order valence-corrected chi connectivity index (χ4v) is 4.23. The van der Waals surface area contributed by atoms with Crippen LogP contribution in [-0.4, -0.2) is 23.8 Å². The van der Waals surface area contributed by atoms with E-state index in [4.69, 9.17) is 15.2 Å². The van der Waals surface area contributed by atoms with Crippen molar-refractivity contribution < 1.29 is 24.0 Å². The number of benzene rings is 2. The number of nitro groups is 1. The molecule has 0 saturated carbocycles. The highest BCUT2D eigenvalue weighted by Gasteiger charge is 2.43. The largest absolute Gasteiger partial charge is 0.465 e. The summed E-state index contributed by atoms with van der Waals surface area (Å²) in [7, 11) is 1.20. The van der Waals surface area contributed by atoms with Gasteiger partial charge in [-0.2, -0.15) is 0 Å². The van der Waals surface area contributed by atoms with Crippen molar-refractivity contribution in [1.82, 2.24) is 0 Å². The molecule has 0 radical (unpaired) electrons. The number of allylic oxidation sites excluding steroid dienone is 2. The van der Waals surface area contributed by atoms with E-state index in [2.05, 4.69) is 0 Å². The molecule has 2 N–H and O–H groups in total. The molecule has 0 aromatic heterocycles. The first-order chi connectivity index (χ1) is 14.9. The van der Waals surface area contributed by atoms with Gasteiger partial charge in [0.15, 0.2) is 5.78 Å². The van der Waals surface area contributed by atoms with Gasteiger partial charge in [-0.05, 0) is 17.0 Å². The highest BCUT2D eigenvalue weighted by molar-refractivity contribution is 6.03. The van der Waals surface area contributed by atoms with E-state index >= 15 is 0 Å². The summed E-state index contributed by atoms with van der Waals surface area (Å²) in [6.45, 7) is 0. The van der Waals surface area contributed by atoms with E-state index in [0.717, 1.165) is 5.56 Å². The molecule has 0 fully saturated rings. The molecule has 2 unspecified atom stereocenters. The maximum absolute atomic E-state index is 13.3. The second-order valence-corrected chi connectivity index (χ2v) is 7.43. The normalized spacial score (nSPS) is 20.7. The first kappa shape index (κ1) is 20.3. The monoisotopic (exact) mass is 420 g/mol. The number of nitrogens with two attached hydrogens (primary N) is 1. The Labute approximate surface area is 178 Å². The Morgan fingerprint density at radius 2 is 1.84 bits per heavy atom. The SMILES string of the molecule is COC(=O)C1=C(N)OC2=C(C(=O)CC(c3ccccc3)C2)C1c1cccc([N+](=O)[O-])c1. The van der Waals surface area contributed by atoms with Crippen LogP contribution in [0.1, 0.15) is 35.8 Å². The zero-order valence-corrected chi connectivity index (χ0v) is 16.7. The molecule has 4 rings (SSSR count). The molecular weight excluding hydrogens is 400 g/mol. The fraction of sp³-hybridized carbons (Fsp3) is 0.217. The Hall–Kier alpha value is -3.94. The number of nitro benzene ring substituents is 1. The number of hydrogen-bond donors (Lipinski definition) is 1. The second kappa shape index (κ2) is 8.06. The van der Waals surface area contributed by atoms with Crippen molar-refractivity contribution in [2.75, 3.05) is 7.11 Å². The van der Waals surface area contributed by atoms with Crippen LogP contribution in [0, 0.1) is 10.1 Å². The van der Waals surface area contributed by atoms with Crippen molar-refractivity contribution in [1.29, 1.82) is 0 Å².